The largest absolute Gasteiger partial charge is 0.481 e. The summed E-state index contributed by atoms with van der Waals surface area (Å²) in [5, 5.41) is 21.6. The Bertz CT molecular complexity index is 708. The molecule has 1 unspecified atom stereocenters. The molecule has 9 nitrogen and oxygen atoms in total. The zero-order valence-electron chi connectivity index (χ0n) is 16.9. The number of carbonyl (C=O) groups excluding carboxylic acids is 1. The van der Waals surface area contributed by atoms with Crippen molar-refractivity contribution < 1.29 is 33.0 Å². The quantitative estimate of drug-likeness (QED) is 0.408. The lowest BCUT2D eigenvalue weighted by Crippen LogP contribution is -2.51. The van der Waals surface area contributed by atoms with Crippen LogP contribution in [0, 0.1) is 11.3 Å². The van der Waals surface area contributed by atoms with Crippen LogP contribution in [0.5, 0.6) is 0 Å². The first-order valence-corrected chi connectivity index (χ1v) is 12.0. The second kappa shape index (κ2) is 9.88. The van der Waals surface area contributed by atoms with Gasteiger partial charge in [0, 0.05) is 6.04 Å². The summed E-state index contributed by atoms with van der Waals surface area (Å²) in [6, 6.07) is -1.48. The first kappa shape index (κ1) is 23.6. The molecule has 1 amide bonds. The molecule has 166 valence electrons. The van der Waals surface area contributed by atoms with Gasteiger partial charge in [0.05, 0.1) is 17.1 Å². The van der Waals surface area contributed by atoms with E-state index in [9.17, 15) is 27.9 Å². The van der Waals surface area contributed by atoms with E-state index in [-0.39, 0.29) is 30.0 Å². The van der Waals surface area contributed by atoms with E-state index >= 15 is 0 Å². The second-order valence-electron chi connectivity index (χ2n) is 8.38. The van der Waals surface area contributed by atoms with Crippen molar-refractivity contribution in [2.45, 2.75) is 83.2 Å². The van der Waals surface area contributed by atoms with Crippen LogP contribution < -0.4 is 10.0 Å². The maximum absolute atomic E-state index is 13.1. The maximum Gasteiger partial charge on any atom is 0.321 e. The van der Waals surface area contributed by atoms with Gasteiger partial charge in [-0.15, -0.1) is 0 Å². The van der Waals surface area contributed by atoms with Crippen molar-refractivity contribution in [2.24, 2.45) is 11.3 Å². The lowest BCUT2D eigenvalue weighted by atomic mass is 9.78. The summed E-state index contributed by atoms with van der Waals surface area (Å²) in [6.45, 7) is 1.69. The van der Waals surface area contributed by atoms with Crippen LogP contribution in [0.3, 0.4) is 0 Å². The van der Waals surface area contributed by atoms with Crippen LogP contribution >= 0.6 is 0 Å². The third-order valence-electron chi connectivity index (χ3n) is 6.14. The monoisotopic (exact) mass is 432 g/mol. The third kappa shape index (κ3) is 6.40. The van der Waals surface area contributed by atoms with Gasteiger partial charge in [-0.25, -0.2) is 13.1 Å². The minimum Gasteiger partial charge on any atom is -0.481 e. The van der Waals surface area contributed by atoms with Crippen molar-refractivity contribution in [1.82, 2.24) is 10.0 Å². The molecule has 0 bridgehead atoms. The highest BCUT2D eigenvalue weighted by molar-refractivity contribution is 7.89. The molecule has 0 aromatic heterocycles. The predicted molar refractivity (Wildman–Crippen MR) is 106 cm³/mol. The van der Waals surface area contributed by atoms with Gasteiger partial charge in [0.1, 0.15) is 6.04 Å². The molecule has 2 aliphatic rings. The number of rotatable bonds is 10. The average Bonchev–Trinajstić information content (AvgIpc) is 3.11. The van der Waals surface area contributed by atoms with Crippen LogP contribution in [0.25, 0.3) is 0 Å². The van der Waals surface area contributed by atoms with Gasteiger partial charge < -0.3 is 15.5 Å². The van der Waals surface area contributed by atoms with Gasteiger partial charge >= 0.3 is 11.9 Å². The van der Waals surface area contributed by atoms with Gasteiger partial charge in [-0.3, -0.25) is 14.4 Å². The first-order valence-electron chi connectivity index (χ1n) is 10.3. The third-order valence-corrected chi connectivity index (χ3v) is 7.73. The van der Waals surface area contributed by atoms with E-state index < -0.39 is 33.4 Å². The topological polar surface area (TPSA) is 150 Å². The lowest BCUT2D eigenvalue weighted by Gasteiger charge is -2.34. The van der Waals surface area contributed by atoms with Crippen LogP contribution in [-0.2, 0) is 24.4 Å². The average molecular weight is 433 g/mol. The van der Waals surface area contributed by atoms with Crippen LogP contribution in [0.2, 0.25) is 0 Å². The second-order valence-corrected chi connectivity index (χ2v) is 10.3. The van der Waals surface area contributed by atoms with Crippen LogP contribution in [0.1, 0.15) is 71.1 Å². The fourth-order valence-corrected chi connectivity index (χ4v) is 5.79. The predicted octanol–water partition coefficient (Wildman–Crippen LogP) is 1.48. The Balaban J connectivity index is 2.06. The number of aliphatic carboxylic acids is 2. The number of carbonyl (C=O) groups is 3. The number of nitrogens with one attached hydrogen (secondary N) is 2. The molecule has 4 N–H and O–H groups in total. The molecule has 2 saturated carbocycles. The molecule has 2 rings (SSSR count). The van der Waals surface area contributed by atoms with E-state index in [1.807, 2.05) is 0 Å². The molecule has 0 aliphatic heterocycles. The minimum absolute atomic E-state index is 0.0818. The SMILES string of the molecule is CCCS(=O)(=O)NC(CC1(C(=O)NC2CCC(C(=O)O)CC2)CCCC1)C(=O)O. The molecule has 0 radical (unpaired) electrons. The van der Waals surface area contributed by atoms with Crippen LogP contribution in [0.4, 0.5) is 0 Å². The maximum atomic E-state index is 13.1. The van der Waals surface area contributed by atoms with E-state index in [0.717, 1.165) is 12.8 Å². The molecular weight excluding hydrogens is 400 g/mol. The van der Waals surface area contributed by atoms with Gasteiger partial charge in [-0.05, 0) is 51.4 Å². The zero-order chi connectivity index (χ0) is 21.7. The summed E-state index contributed by atoms with van der Waals surface area (Å²) >= 11 is 0. The number of sulfonamides is 1. The Morgan fingerprint density at radius 1 is 1.07 bits per heavy atom. The number of carboxylic acid groups (broad SMARTS) is 2. The smallest absolute Gasteiger partial charge is 0.321 e. The van der Waals surface area contributed by atoms with Crippen molar-refractivity contribution in [3.8, 4) is 0 Å². The molecule has 1 atom stereocenters. The van der Waals surface area contributed by atoms with Gasteiger partial charge in [0.25, 0.3) is 0 Å². The first-order chi connectivity index (χ1) is 13.6. The van der Waals surface area contributed by atoms with E-state index in [2.05, 4.69) is 10.0 Å². The summed E-state index contributed by atoms with van der Waals surface area (Å²) in [5.74, 6) is -2.89. The summed E-state index contributed by atoms with van der Waals surface area (Å²) < 4.78 is 26.4. The molecule has 2 fully saturated rings. The van der Waals surface area contributed by atoms with Crippen molar-refractivity contribution in [3.05, 3.63) is 0 Å². The summed E-state index contributed by atoms with van der Waals surface area (Å²) in [7, 11) is -3.73. The standard InChI is InChI=1S/C19H32N2O7S/c1-2-11-29(27,28)21-15(17(24)25)12-19(9-3-4-10-19)18(26)20-14-7-5-13(6-8-14)16(22)23/h13-15,21H,2-12H2,1H3,(H,20,26)(H,22,23)(H,24,25). The van der Waals surface area contributed by atoms with Crippen LogP contribution in [0.15, 0.2) is 0 Å². The number of carboxylic acids is 2. The molecule has 0 spiro atoms. The molecule has 0 heterocycles. The van der Waals surface area contributed by atoms with E-state index in [4.69, 9.17) is 5.11 Å². The fraction of sp³-hybridized carbons (Fsp3) is 0.842. The van der Waals surface area contributed by atoms with Gasteiger partial charge in [0.15, 0.2) is 0 Å². The van der Waals surface area contributed by atoms with E-state index in [1.165, 1.54) is 0 Å². The van der Waals surface area contributed by atoms with Gasteiger partial charge in [-0.1, -0.05) is 19.8 Å². The Morgan fingerprint density at radius 2 is 1.66 bits per heavy atom. The highest BCUT2D eigenvalue weighted by atomic mass is 32.2. The summed E-state index contributed by atoms with van der Waals surface area (Å²) in [6.07, 6.45) is 5.04. The molecule has 0 aromatic rings. The molecule has 2 aliphatic carbocycles. The Morgan fingerprint density at radius 3 is 2.14 bits per heavy atom. The molecule has 0 saturated heterocycles. The van der Waals surface area contributed by atoms with Crippen molar-refractivity contribution in [2.75, 3.05) is 5.75 Å². The lowest BCUT2D eigenvalue weighted by molar-refractivity contribution is -0.143. The molecule has 0 aromatic carbocycles. The van der Waals surface area contributed by atoms with Gasteiger partial charge in [-0.2, -0.15) is 0 Å². The van der Waals surface area contributed by atoms with E-state index in [0.29, 0.717) is 44.9 Å². The molecular formula is C19H32N2O7S. The van der Waals surface area contributed by atoms with Crippen molar-refractivity contribution in [1.29, 1.82) is 0 Å². The Labute approximate surface area is 171 Å². The summed E-state index contributed by atoms with van der Waals surface area (Å²) in [4.78, 5) is 35.9. The molecule has 10 heteroatoms. The normalized spacial score (nSPS) is 25.3. The fourth-order valence-electron chi connectivity index (χ4n) is 4.51. The number of hydrogen-bond donors (Lipinski definition) is 4. The number of hydrogen-bond acceptors (Lipinski definition) is 5. The van der Waals surface area contributed by atoms with Gasteiger partial charge in [0.2, 0.25) is 15.9 Å². The Kier molecular flexibility index (Phi) is 8.04. The van der Waals surface area contributed by atoms with Crippen LogP contribution in [-0.4, -0.2) is 54.3 Å². The zero-order valence-corrected chi connectivity index (χ0v) is 17.7. The Hall–Kier alpha value is -1.68. The van der Waals surface area contributed by atoms with Crippen molar-refractivity contribution in [3.63, 3.8) is 0 Å². The minimum atomic E-state index is -3.73. The van der Waals surface area contributed by atoms with E-state index in [1.54, 1.807) is 6.92 Å². The summed E-state index contributed by atoms with van der Waals surface area (Å²) in [5.41, 5.74) is -0.915. The molecule has 29 heavy (non-hydrogen) atoms. The highest BCUT2D eigenvalue weighted by Crippen LogP contribution is 2.43. The van der Waals surface area contributed by atoms with Crippen molar-refractivity contribution >= 4 is 27.9 Å². The number of amides is 1. The highest BCUT2D eigenvalue weighted by Gasteiger charge is 2.45.